The number of thiol groups is 1. The van der Waals surface area contributed by atoms with E-state index >= 15 is 0 Å². The SMILES string of the molecule is COc1cc2c(Nc3ccc(OC(=N)/C=C\S)cc3)c(C#N)cnc2cc1OCCCCl. The Labute approximate surface area is 196 Å². The number of aromatic nitrogens is 1. The van der Waals surface area contributed by atoms with Crippen LogP contribution in [0.2, 0.25) is 0 Å². The quantitative estimate of drug-likeness (QED) is 0.123. The number of nitriles is 1. The summed E-state index contributed by atoms with van der Waals surface area (Å²) in [5.74, 6) is 2.08. The van der Waals surface area contributed by atoms with Gasteiger partial charge in [-0.3, -0.25) is 10.4 Å². The van der Waals surface area contributed by atoms with Crippen LogP contribution in [0.15, 0.2) is 54.1 Å². The van der Waals surface area contributed by atoms with Gasteiger partial charge in [0.05, 0.1) is 30.5 Å². The molecule has 0 saturated heterocycles. The number of nitrogens with one attached hydrogen (secondary N) is 2. The number of rotatable bonds is 9. The molecule has 1 aromatic heterocycles. The van der Waals surface area contributed by atoms with Crippen LogP contribution in [0.3, 0.4) is 0 Å². The highest BCUT2D eigenvalue weighted by Gasteiger charge is 2.14. The van der Waals surface area contributed by atoms with Gasteiger partial charge in [0.2, 0.25) is 5.90 Å². The summed E-state index contributed by atoms with van der Waals surface area (Å²) < 4.78 is 16.6. The van der Waals surface area contributed by atoms with Crippen molar-refractivity contribution in [1.29, 1.82) is 10.7 Å². The molecule has 2 aromatic carbocycles. The molecule has 0 aliphatic rings. The molecule has 0 bridgehead atoms. The maximum absolute atomic E-state index is 9.62. The number of nitrogens with zero attached hydrogens (tertiary/aromatic N) is 2. The molecular formula is C23H21ClN4O3S. The van der Waals surface area contributed by atoms with Crippen molar-refractivity contribution in [3.8, 4) is 23.3 Å². The van der Waals surface area contributed by atoms with Gasteiger partial charge in [0.15, 0.2) is 11.5 Å². The number of pyridine rings is 1. The summed E-state index contributed by atoms with van der Waals surface area (Å²) in [4.78, 5) is 4.40. The predicted octanol–water partition coefficient (Wildman–Crippen LogP) is 5.67. The first-order chi connectivity index (χ1) is 15.6. The fraction of sp³-hybridized carbons (Fsp3) is 0.174. The molecule has 0 aliphatic heterocycles. The van der Waals surface area contributed by atoms with Crippen LogP contribution in [0.4, 0.5) is 11.4 Å². The molecule has 1 heterocycles. The molecule has 164 valence electrons. The van der Waals surface area contributed by atoms with Gasteiger partial charge in [-0.25, -0.2) is 0 Å². The Morgan fingerprint density at radius 2 is 2.06 bits per heavy atom. The van der Waals surface area contributed by atoms with Crippen molar-refractivity contribution in [2.45, 2.75) is 6.42 Å². The number of alkyl halides is 1. The van der Waals surface area contributed by atoms with Crippen molar-refractivity contribution in [2.24, 2.45) is 0 Å². The third-order valence-electron chi connectivity index (χ3n) is 4.39. The summed E-state index contributed by atoms with van der Waals surface area (Å²) >= 11 is 9.65. The lowest BCUT2D eigenvalue weighted by atomic mass is 10.1. The highest BCUT2D eigenvalue weighted by atomic mass is 35.5. The summed E-state index contributed by atoms with van der Waals surface area (Å²) in [6, 6.07) is 12.8. The average molecular weight is 469 g/mol. The van der Waals surface area contributed by atoms with E-state index in [0.717, 1.165) is 5.69 Å². The van der Waals surface area contributed by atoms with E-state index in [1.54, 1.807) is 43.5 Å². The van der Waals surface area contributed by atoms with E-state index in [0.29, 0.717) is 58.3 Å². The Bertz CT molecular complexity index is 1180. The Hall–Kier alpha value is -3.41. The lowest BCUT2D eigenvalue weighted by molar-refractivity contribution is 0.295. The Morgan fingerprint density at radius 1 is 1.28 bits per heavy atom. The number of fused-ring (bicyclic) bond motifs is 1. The molecule has 0 radical (unpaired) electrons. The second-order valence-corrected chi connectivity index (χ2v) is 7.18. The Morgan fingerprint density at radius 3 is 2.72 bits per heavy atom. The van der Waals surface area contributed by atoms with Crippen LogP contribution >= 0.6 is 24.2 Å². The zero-order chi connectivity index (χ0) is 22.9. The van der Waals surface area contributed by atoms with Crippen LogP contribution in [-0.4, -0.2) is 30.5 Å². The second-order valence-electron chi connectivity index (χ2n) is 6.50. The van der Waals surface area contributed by atoms with Crippen molar-refractivity contribution in [1.82, 2.24) is 4.98 Å². The summed E-state index contributed by atoms with van der Waals surface area (Å²) in [5.41, 5.74) is 2.37. The van der Waals surface area contributed by atoms with Gasteiger partial charge in [-0.15, -0.1) is 11.6 Å². The van der Waals surface area contributed by atoms with E-state index < -0.39 is 0 Å². The zero-order valence-corrected chi connectivity index (χ0v) is 18.9. The topological polar surface area (TPSA) is 100 Å². The van der Waals surface area contributed by atoms with Gasteiger partial charge >= 0.3 is 0 Å². The number of benzene rings is 2. The highest BCUT2D eigenvalue weighted by molar-refractivity contribution is 7.83. The lowest BCUT2D eigenvalue weighted by Gasteiger charge is -2.15. The number of hydrogen-bond acceptors (Lipinski definition) is 8. The van der Waals surface area contributed by atoms with E-state index in [4.69, 9.17) is 31.2 Å². The molecule has 0 unspecified atom stereocenters. The molecule has 9 heteroatoms. The van der Waals surface area contributed by atoms with Gasteiger partial charge < -0.3 is 19.5 Å². The van der Waals surface area contributed by atoms with Gasteiger partial charge in [0.1, 0.15) is 11.8 Å². The summed E-state index contributed by atoms with van der Waals surface area (Å²) in [7, 11) is 1.56. The van der Waals surface area contributed by atoms with Crippen molar-refractivity contribution < 1.29 is 14.2 Å². The van der Waals surface area contributed by atoms with E-state index in [1.165, 1.54) is 17.7 Å². The van der Waals surface area contributed by atoms with Crippen LogP contribution < -0.4 is 19.5 Å². The summed E-state index contributed by atoms with van der Waals surface area (Å²) in [6.07, 6.45) is 3.65. The minimum Gasteiger partial charge on any atom is -0.493 e. The molecule has 32 heavy (non-hydrogen) atoms. The molecule has 2 N–H and O–H groups in total. The molecule has 7 nitrogen and oxygen atoms in total. The number of ether oxygens (including phenoxy) is 3. The summed E-state index contributed by atoms with van der Waals surface area (Å²) in [6.45, 7) is 0.461. The van der Waals surface area contributed by atoms with E-state index in [9.17, 15) is 5.26 Å². The first-order valence-corrected chi connectivity index (χ1v) is 10.7. The van der Waals surface area contributed by atoms with Gasteiger partial charge in [-0.2, -0.15) is 17.9 Å². The van der Waals surface area contributed by atoms with E-state index in [2.05, 4.69) is 29.0 Å². The maximum atomic E-state index is 9.62. The molecule has 0 atom stereocenters. The monoisotopic (exact) mass is 468 g/mol. The fourth-order valence-corrected chi connectivity index (χ4v) is 3.15. The largest absolute Gasteiger partial charge is 0.493 e. The van der Waals surface area contributed by atoms with Gasteiger partial charge in [0, 0.05) is 35.3 Å². The molecular weight excluding hydrogens is 448 g/mol. The number of anilines is 2. The molecule has 0 spiro atoms. The van der Waals surface area contributed by atoms with Crippen LogP contribution in [0, 0.1) is 16.7 Å². The molecule has 0 amide bonds. The van der Waals surface area contributed by atoms with Crippen LogP contribution in [0.25, 0.3) is 10.9 Å². The summed E-state index contributed by atoms with van der Waals surface area (Å²) in [5, 5.41) is 22.7. The van der Waals surface area contributed by atoms with Crippen LogP contribution in [-0.2, 0) is 0 Å². The van der Waals surface area contributed by atoms with Crippen molar-refractivity contribution in [3.05, 3.63) is 59.6 Å². The Kier molecular flexibility index (Phi) is 8.20. The number of methoxy groups -OCH3 is 1. The highest BCUT2D eigenvalue weighted by Crippen LogP contribution is 2.37. The minimum atomic E-state index is -0.0243. The third-order valence-corrected chi connectivity index (χ3v) is 4.80. The molecule has 0 aliphatic carbocycles. The first-order valence-electron chi connectivity index (χ1n) is 9.63. The minimum absolute atomic E-state index is 0.0243. The predicted molar refractivity (Wildman–Crippen MR) is 130 cm³/mol. The lowest BCUT2D eigenvalue weighted by Crippen LogP contribution is -2.03. The van der Waals surface area contributed by atoms with Gasteiger partial charge in [-0.1, -0.05) is 0 Å². The maximum Gasteiger partial charge on any atom is 0.212 e. The first kappa shape index (κ1) is 23.3. The average Bonchev–Trinajstić information content (AvgIpc) is 2.80. The van der Waals surface area contributed by atoms with Gasteiger partial charge in [-0.05, 0) is 42.2 Å². The third kappa shape index (κ3) is 5.63. The molecule has 0 saturated carbocycles. The number of halogens is 1. The molecule has 3 aromatic rings. The standard InChI is InChI=1S/C23H21ClN4O3S/c1-29-20-11-18-19(12-21(20)30-9-2-8-24)27-14-15(13-25)23(18)28-16-3-5-17(6-4-16)31-22(26)7-10-32/h3-7,10-12,14,26,32H,2,8-9H2,1H3,(H,27,28)/b10-7-,26-22?. The van der Waals surface area contributed by atoms with Crippen molar-refractivity contribution >= 4 is 52.4 Å². The zero-order valence-electron chi connectivity index (χ0n) is 17.3. The molecule has 3 rings (SSSR count). The van der Waals surface area contributed by atoms with Crippen LogP contribution in [0.5, 0.6) is 17.2 Å². The second kappa shape index (κ2) is 11.3. The van der Waals surface area contributed by atoms with Crippen molar-refractivity contribution in [2.75, 3.05) is 24.9 Å². The van der Waals surface area contributed by atoms with E-state index in [-0.39, 0.29) is 5.90 Å². The number of hydrogen-bond donors (Lipinski definition) is 3. The van der Waals surface area contributed by atoms with Crippen LogP contribution in [0.1, 0.15) is 12.0 Å². The van der Waals surface area contributed by atoms with Crippen molar-refractivity contribution in [3.63, 3.8) is 0 Å². The smallest absolute Gasteiger partial charge is 0.212 e. The Balaban J connectivity index is 1.94. The fourth-order valence-electron chi connectivity index (χ4n) is 2.91. The van der Waals surface area contributed by atoms with E-state index in [1.807, 2.05) is 0 Å². The molecule has 0 fully saturated rings. The normalized spacial score (nSPS) is 10.7. The van der Waals surface area contributed by atoms with Gasteiger partial charge in [0.25, 0.3) is 0 Å².